The standard InChI is InChI=1S/C73H94N6O10/c1-7-69(77-42-46(4)80)78-43-53-37-60(51-18-11-15-48(32-51)26-30-87-29-13-28-76-8-2)58-27-31-88-56(35-52-38-65(82)61(53)36-50(52)17-10-9-14-47-16-12-19-54(33-47)79-73(74)75-5)39-55(81)23-21-49-22-25-67(86-6)68(34-49)89-44-64-57-24-20-45(3)59-41-66(83)71(58)63(70(57)59)40-62(64)72(84)85/h11-12,15-16,18-20,22,24-25,32-34,36,38,40-41,45-46,50,52-53,56,58,60,69,72,76-78,80,82-85H,7-10,13-14,17,21,23,26,28-30,35,37,39,42-44H2,1-6H3,(H3,74,75,79). The number of hydrogen-bond donors (Lipinski definition) is 10. The molecule has 0 radical (unpaired) electrons. The number of aliphatic hydroxyl groups excluding tert-OH is 3. The lowest BCUT2D eigenvalue weighted by atomic mass is 9.70. The van der Waals surface area contributed by atoms with Crippen LogP contribution in [0.1, 0.15) is 160 Å². The van der Waals surface area contributed by atoms with E-state index in [1.165, 1.54) is 5.56 Å². The first-order chi connectivity index (χ1) is 43.1. The first-order valence-electron chi connectivity index (χ1n) is 32.2. The number of phenolic OH excluding ortho intramolecular Hbond substituents is 1. The van der Waals surface area contributed by atoms with Crippen LogP contribution in [0.3, 0.4) is 0 Å². The van der Waals surface area contributed by atoms with E-state index in [1.807, 2.05) is 48.6 Å². The Hall–Kier alpha value is -7.20. The van der Waals surface area contributed by atoms with Crippen LogP contribution in [-0.4, -0.2) is 109 Å². The molecule has 5 aromatic carbocycles. The molecule has 6 aliphatic rings. The number of nitrogens with one attached hydrogen (secondary N) is 4. The molecule has 0 aromatic heterocycles. The number of benzene rings is 5. The molecule has 2 aliphatic carbocycles. The number of rotatable bonds is 24. The van der Waals surface area contributed by atoms with Gasteiger partial charge in [0, 0.05) is 79.7 Å². The Bertz CT molecular complexity index is 3420. The Balaban J connectivity index is 1.23. The normalized spacial score (nSPS) is 21.8. The van der Waals surface area contributed by atoms with Crippen molar-refractivity contribution in [2.75, 3.05) is 58.9 Å². The minimum atomic E-state index is -1.94. The number of ketones is 1. The third-order valence-electron chi connectivity index (χ3n) is 18.2. The molecule has 16 heteroatoms. The molecular formula is C73H94N6O10. The molecular weight excluding hydrogens is 1120 g/mol. The number of allylic oxidation sites excluding steroid dienone is 4. The molecule has 11 N–H and O–H groups in total. The van der Waals surface area contributed by atoms with Gasteiger partial charge in [0.1, 0.15) is 36.1 Å². The number of guanidine groups is 1. The average molecular weight is 1220 g/mol. The van der Waals surface area contributed by atoms with Crippen LogP contribution in [0.2, 0.25) is 0 Å². The van der Waals surface area contributed by atoms with Crippen molar-refractivity contribution in [2.45, 2.75) is 154 Å². The number of aliphatic hydroxyl groups is 4. The number of nitrogens with two attached hydrogens (primary N) is 1. The highest BCUT2D eigenvalue weighted by Crippen LogP contribution is 2.51. The molecule has 476 valence electrons. The number of unbranched alkanes of at least 4 members (excludes halogenated alkanes) is 1. The van der Waals surface area contributed by atoms with E-state index < -0.39 is 30.3 Å². The summed E-state index contributed by atoms with van der Waals surface area (Å²) in [5.41, 5.74) is 14.6. The monoisotopic (exact) mass is 1210 g/mol. The Morgan fingerprint density at radius 2 is 1.74 bits per heavy atom. The number of methoxy groups -OCH3 is 1. The molecule has 4 aliphatic heterocycles. The third-order valence-corrected chi connectivity index (χ3v) is 18.2. The van der Waals surface area contributed by atoms with Crippen LogP contribution in [0.5, 0.6) is 17.2 Å². The summed E-state index contributed by atoms with van der Waals surface area (Å²) in [5, 5.41) is 74.6. The van der Waals surface area contributed by atoms with E-state index in [9.17, 15) is 30.3 Å². The number of Topliss-reactive ketones (excluding diaryl/α,β-unsaturated/α-hetero) is 1. The highest BCUT2D eigenvalue weighted by Gasteiger charge is 2.38. The molecule has 4 heterocycles. The Morgan fingerprint density at radius 3 is 2.52 bits per heavy atom. The van der Waals surface area contributed by atoms with Gasteiger partial charge in [-0.1, -0.05) is 93.8 Å². The number of carbonyl (C=O) groups is 1. The zero-order valence-electron chi connectivity index (χ0n) is 52.8. The van der Waals surface area contributed by atoms with E-state index in [4.69, 9.17) is 24.7 Å². The van der Waals surface area contributed by atoms with Crippen LogP contribution in [0.25, 0.3) is 16.8 Å². The minimum Gasteiger partial charge on any atom is -0.508 e. The molecule has 0 saturated heterocycles. The number of carbonyl (C=O) groups excluding carboxylic acids is 1. The maximum Gasteiger partial charge on any atom is 0.192 e. The lowest BCUT2D eigenvalue weighted by Gasteiger charge is -2.35. The van der Waals surface area contributed by atoms with Crippen molar-refractivity contribution in [1.29, 1.82) is 0 Å². The predicted molar refractivity (Wildman–Crippen MR) is 353 cm³/mol. The maximum atomic E-state index is 14.5. The Kier molecular flexibility index (Phi) is 23.8. The summed E-state index contributed by atoms with van der Waals surface area (Å²) in [6, 6.07) is 26.0. The summed E-state index contributed by atoms with van der Waals surface area (Å²) < 4.78 is 25.5. The molecule has 0 amide bonds. The van der Waals surface area contributed by atoms with Gasteiger partial charge in [-0.25, -0.2) is 0 Å². The second kappa shape index (κ2) is 32.0. The molecule has 0 fully saturated rings. The zero-order chi connectivity index (χ0) is 63.0. The Morgan fingerprint density at radius 1 is 0.921 bits per heavy atom. The summed E-state index contributed by atoms with van der Waals surface area (Å²) in [6.07, 6.45) is 15.3. The van der Waals surface area contributed by atoms with Crippen molar-refractivity contribution in [1.82, 2.24) is 16.0 Å². The van der Waals surface area contributed by atoms with Crippen LogP contribution in [0.4, 0.5) is 5.69 Å². The number of nitrogens with zero attached hydrogens (tertiary/aromatic N) is 1. The first-order valence-corrected chi connectivity index (χ1v) is 32.2. The largest absolute Gasteiger partial charge is 0.508 e. The van der Waals surface area contributed by atoms with Crippen molar-refractivity contribution < 1.29 is 49.3 Å². The van der Waals surface area contributed by atoms with E-state index in [1.54, 1.807) is 27.1 Å². The van der Waals surface area contributed by atoms with Gasteiger partial charge in [0.05, 0.1) is 31.9 Å². The highest BCUT2D eigenvalue weighted by atomic mass is 16.5. The van der Waals surface area contributed by atoms with Gasteiger partial charge >= 0.3 is 0 Å². The van der Waals surface area contributed by atoms with Gasteiger partial charge in [0.2, 0.25) is 0 Å². The van der Waals surface area contributed by atoms with E-state index >= 15 is 0 Å². The van der Waals surface area contributed by atoms with Crippen molar-refractivity contribution in [3.05, 3.63) is 158 Å². The quantitative estimate of drug-likeness (QED) is 0.00908. The molecule has 11 rings (SSSR count). The van der Waals surface area contributed by atoms with Crippen molar-refractivity contribution in [3.63, 3.8) is 0 Å². The topological polar surface area (TPSA) is 242 Å². The van der Waals surface area contributed by atoms with Gasteiger partial charge < -0.3 is 66.2 Å². The second-order valence-corrected chi connectivity index (χ2v) is 24.6. The van der Waals surface area contributed by atoms with E-state index in [0.29, 0.717) is 92.4 Å². The van der Waals surface area contributed by atoms with Gasteiger partial charge in [0.15, 0.2) is 23.7 Å². The average Bonchev–Trinajstić information content (AvgIpc) is 0.869. The summed E-state index contributed by atoms with van der Waals surface area (Å²) in [6.45, 7) is 11.7. The van der Waals surface area contributed by atoms with Crippen LogP contribution in [0.15, 0.2) is 113 Å². The van der Waals surface area contributed by atoms with Gasteiger partial charge in [0.25, 0.3) is 0 Å². The predicted octanol–water partition coefficient (Wildman–Crippen LogP) is 11.0. The Labute approximate surface area is 526 Å². The number of phenols is 1. The molecule has 16 nitrogen and oxygen atoms in total. The fourth-order valence-corrected chi connectivity index (χ4v) is 13.4. The molecule has 5 aromatic rings. The number of anilines is 1. The lowest BCUT2D eigenvalue weighted by Crippen LogP contribution is -2.46. The summed E-state index contributed by atoms with van der Waals surface area (Å²) in [4.78, 5) is 18.6. The van der Waals surface area contributed by atoms with Gasteiger partial charge in [-0.15, -0.1) is 0 Å². The summed E-state index contributed by atoms with van der Waals surface area (Å²) >= 11 is 0. The summed E-state index contributed by atoms with van der Waals surface area (Å²) in [5.74, 6) is 2.96. The minimum absolute atomic E-state index is 0.00851. The van der Waals surface area contributed by atoms with Gasteiger partial charge in [-0.3, -0.25) is 15.1 Å². The van der Waals surface area contributed by atoms with Crippen LogP contribution in [0, 0.1) is 29.8 Å². The molecule has 0 spiro atoms. The van der Waals surface area contributed by atoms with Crippen LogP contribution >= 0.6 is 0 Å². The number of ether oxygens (including phenoxy) is 4. The number of aromatic hydroxyl groups is 1. The molecule has 9 atom stereocenters. The number of aliphatic imine (C=N–C) groups is 1. The van der Waals surface area contributed by atoms with Gasteiger partial charge in [-0.05, 0) is 182 Å². The van der Waals surface area contributed by atoms with E-state index in [0.717, 1.165) is 89.7 Å². The fraction of sp³-hybridized carbons (Fsp3) is 0.479. The third kappa shape index (κ3) is 17.2. The lowest BCUT2D eigenvalue weighted by molar-refractivity contribution is -0.121. The van der Waals surface area contributed by atoms with Crippen molar-refractivity contribution in [2.24, 2.45) is 28.5 Å². The van der Waals surface area contributed by atoms with Crippen molar-refractivity contribution in [3.8, 4) is 29.3 Å². The van der Waals surface area contributed by atoms with Gasteiger partial charge in [-0.2, -0.15) is 0 Å². The molecule has 10 bridgehead atoms. The maximum absolute atomic E-state index is 14.5. The van der Waals surface area contributed by atoms with Crippen LogP contribution < -0.4 is 36.5 Å². The summed E-state index contributed by atoms with van der Waals surface area (Å²) in [7, 11) is 3.22. The smallest absolute Gasteiger partial charge is 0.192 e. The van der Waals surface area contributed by atoms with Crippen molar-refractivity contribution >= 4 is 34.3 Å². The fourth-order valence-electron chi connectivity index (χ4n) is 13.4. The highest BCUT2D eigenvalue weighted by molar-refractivity contribution is 6.01. The zero-order valence-corrected chi connectivity index (χ0v) is 52.8. The SMILES string of the molecule is CCNCCCOCCc1cccc(C2CC(CNC(CC)NCC(C)O)C3=CC(CCCCc4cccc(NC(N)=NC)c4)C(C=C3O)CC3CC(=O)CCc4ccc(OC)c(c4)OCc4c(C(O)O)cc5c(c(O)cc6c5c4C=CC6C)C2C#CO3)c1. The number of hydrogen-bond acceptors (Lipinski definition) is 14. The molecule has 9 unspecified atom stereocenters. The number of aryl methyl sites for hydroxylation is 2. The second-order valence-electron chi connectivity index (χ2n) is 24.6. The molecule has 0 saturated carbocycles. The number of fused-ring (bicyclic) bond motifs is 8. The molecule has 89 heavy (non-hydrogen) atoms. The van der Waals surface area contributed by atoms with Crippen LogP contribution in [-0.2, 0) is 40.1 Å². The van der Waals surface area contributed by atoms with E-state index in [-0.39, 0.29) is 72.1 Å². The first kappa shape index (κ1) is 66.2. The van der Waals surface area contributed by atoms with E-state index in [2.05, 4.69) is 108 Å².